The number of hydrogen-bond acceptors (Lipinski definition) is 3. The highest BCUT2D eigenvalue weighted by Crippen LogP contribution is 2.31. The van der Waals surface area contributed by atoms with Gasteiger partial charge in [-0.15, -0.1) is 0 Å². The molecule has 1 aromatic carbocycles. The third-order valence-corrected chi connectivity index (χ3v) is 4.56. The fraction of sp³-hybridized carbons (Fsp3) is 0.125. The second-order valence-corrected chi connectivity index (χ2v) is 6.55. The fourth-order valence-corrected chi connectivity index (χ4v) is 4.42. The van der Waals surface area contributed by atoms with E-state index in [1.807, 2.05) is 6.07 Å². The van der Waals surface area contributed by atoms with E-state index in [-0.39, 0.29) is 4.90 Å². The zero-order chi connectivity index (χ0) is 11.6. The van der Waals surface area contributed by atoms with Gasteiger partial charge in [0.15, 0.2) is 0 Å². The maximum atomic E-state index is 11.3. The second kappa shape index (κ2) is 4.83. The average molecular weight is 373 g/mol. The molecular weight excluding hydrogens is 369 g/mol. The number of rotatable bonds is 2. The molecule has 0 spiro atoms. The minimum absolute atomic E-state index is 0.0000386. The van der Waals surface area contributed by atoms with Crippen molar-refractivity contribution >= 4 is 51.6 Å². The molecule has 80 valence electrons. The fourth-order valence-electron chi connectivity index (χ4n) is 1.09. The van der Waals surface area contributed by atoms with E-state index >= 15 is 0 Å². The molecule has 1 rings (SSSR count). The molecule has 0 aliphatic carbocycles. The number of halogens is 3. The summed E-state index contributed by atoms with van der Waals surface area (Å²) in [5.41, 5.74) is 0.830. The molecule has 0 radical (unpaired) electrons. The predicted octanol–water partition coefficient (Wildman–Crippen LogP) is 3.14. The van der Waals surface area contributed by atoms with Crippen LogP contribution in [0.5, 0.6) is 0 Å². The van der Waals surface area contributed by atoms with Crippen LogP contribution >= 0.6 is 42.5 Å². The van der Waals surface area contributed by atoms with Gasteiger partial charge in [-0.3, -0.25) is 0 Å². The molecule has 0 aliphatic rings. The van der Waals surface area contributed by atoms with Gasteiger partial charge in [-0.05, 0) is 33.6 Å². The molecule has 0 atom stereocenters. The van der Waals surface area contributed by atoms with Gasteiger partial charge in [-0.2, -0.15) is 5.26 Å². The van der Waals surface area contributed by atoms with Crippen molar-refractivity contribution in [3.63, 3.8) is 0 Å². The van der Waals surface area contributed by atoms with Gasteiger partial charge in [0.05, 0.1) is 11.6 Å². The summed E-state index contributed by atoms with van der Waals surface area (Å²) < 4.78 is 22.8. The summed E-state index contributed by atoms with van der Waals surface area (Å²) in [5.74, 6) is 0. The van der Waals surface area contributed by atoms with E-state index in [0.29, 0.717) is 20.9 Å². The summed E-state index contributed by atoms with van der Waals surface area (Å²) in [6, 6.07) is 4.83. The van der Waals surface area contributed by atoms with Gasteiger partial charge < -0.3 is 0 Å². The van der Waals surface area contributed by atoms with Crippen LogP contribution in [0, 0.1) is 11.3 Å². The van der Waals surface area contributed by atoms with Crippen LogP contribution in [-0.2, 0) is 14.4 Å². The van der Waals surface area contributed by atoms with Crippen LogP contribution in [-0.4, -0.2) is 8.42 Å². The lowest BCUT2D eigenvalue weighted by Crippen LogP contribution is -1.99. The SMILES string of the molecule is N#Cc1cc(Br)c(S(=O)(=O)Cl)c(CBr)c1. The lowest BCUT2D eigenvalue weighted by Gasteiger charge is -2.06. The first-order chi connectivity index (χ1) is 6.90. The Kier molecular flexibility index (Phi) is 4.18. The number of benzene rings is 1. The Bertz CT molecular complexity index is 536. The van der Waals surface area contributed by atoms with E-state index in [1.165, 1.54) is 12.1 Å². The van der Waals surface area contributed by atoms with Crippen LogP contribution in [0.25, 0.3) is 0 Å². The van der Waals surface area contributed by atoms with Gasteiger partial charge in [-0.1, -0.05) is 15.9 Å². The summed E-state index contributed by atoms with van der Waals surface area (Å²) >= 11 is 6.22. The second-order valence-electron chi connectivity index (χ2n) is 2.63. The molecule has 15 heavy (non-hydrogen) atoms. The summed E-state index contributed by atoms with van der Waals surface area (Å²) in [7, 11) is 1.47. The highest BCUT2D eigenvalue weighted by atomic mass is 79.9. The third kappa shape index (κ3) is 2.94. The predicted molar refractivity (Wildman–Crippen MR) is 64.5 cm³/mol. The van der Waals surface area contributed by atoms with Gasteiger partial charge in [0.25, 0.3) is 9.05 Å². The molecule has 0 heterocycles. The molecule has 0 bridgehead atoms. The Balaban J connectivity index is 3.61. The lowest BCUT2D eigenvalue weighted by molar-refractivity contribution is 0.608. The summed E-state index contributed by atoms with van der Waals surface area (Å²) in [4.78, 5) is 0.0000386. The molecule has 0 amide bonds. The van der Waals surface area contributed by atoms with Crippen molar-refractivity contribution in [3.8, 4) is 6.07 Å². The van der Waals surface area contributed by atoms with Crippen molar-refractivity contribution in [1.82, 2.24) is 0 Å². The molecular formula is C8H4Br2ClNO2S. The Hall–Kier alpha value is -0.0900. The zero-order valence-electron chi connectivity index (χ0n) is 7.17. The zero-order valence-corrected chi connectivity index (χ0v) is 11.9. The molecule has 0 N–H and O–H groups in total. The molecule has 0 aliphatic heterocycles. The minimum atomic E-state index is -3.82. The molecule has 0 aromatic heterocycles. The van der Waals surface area contributed by atoms with E-state index in [4.69, 9.17) is 15.9 Å². The van der Waals surface area contributed by atoms with E-state index in [1.54, 1.807) is 0 Å². The molecule has 3 nitrogen and oxygen atoms in total. The van der Waals surface area contributed by atoms with Crippen molar-refractivity contribution < 1.29 is 8.42 Å². The van der Waals surface area contributed by atoms with Crippen LogP contribution in [0.1, 0.15) is 11.1 Å². The van der Waals surface area contributed by atoms with E-state index in [9.17, 15) is 8.42 Å². The van der Waals surface area contributed by atoms with Crippen molar-refractivity contribution in [2.75, 3.05) is 0 Å². The largest absolute Gasteiger partial charge is 0.262 e. The number of hydrogen-bond donors (Lipinski definition) is 0. The maximum Gasteiger partial charge on any atom is 0.262 e. The number of alkyl halides is 1. The Morgan fingerprint density at radius 1 is 1.47 bits per heavy atom. The summed E-state index contributed by atoms with van der Waals surface area (Å²) in [6.07, 6.45) is 0. The summed E-state index contributed by atoms with van der Waals surface area (Å²) in [5, 5.41) is 9.02. The first-order valence-electron chi connectivity index (χ1n) is 3.63. The topological polar surface area (TPSA) is 57.9 Å². The quantitative estimate of drug-likeness (QED) is 0.591. The van der Waals surface area contributed by atoms with Crippen LogP contribution in [0.15, 0.2) is 21.5 Å². The van der Waals surface area contributed by atoms with Gasteiger partial charge in [0, 0.05) is 20.5 Å². The molecule has 0 saturated carbocycles. The van der Waals surface area contributed by atoms with Gasteiger partial charge in [0.1, 0.15) is 4.90 Å². The Morgan fingerprint density at radius 2 is 2.07 bits per heavy atom. The van der Waals surface area contributed by atoms with Crippen LogP contribution < -0.4 is 0 Å². The minimum Gasteiger partial charge on any atom is -0.207 e. The average Bonchev–Trinajstić information content (AvgIpc) is 2.14. The van der Waals surface area contributed by atoms with Gasteiger partial charge in [-0.25, -0.2) is 8.42 Å². The summed E-state index contributed by atoms with van der Waals surface area (Å²) in [6.45, 7) is 0. The first kappa shape index (κ1) is 13.0. The van der Waals surface area contributed by atoms with Crippen LogP contribution in [0.2, 0.25) is 0 Å². The highest BCUT2D eigenvalue weighted by Gasteiger charge is 2.19. The molecule has 0 saturated heterocycles. The molecule has 7 heteroatoms. The molecule has 0 fully saturated rings. The monoisotopic (exact) mass is 371 g/mol. The standard InChI is InChI=1S/C8H4Br2ClNO2S/c9-3-6-1-5(4-12)2-7(10)8(6)15(11,13)14/h1-2H,3H2. The van der Waals surface area contributed by atoms with Gasteiger partial charge >= 0.3 is 0 Å². The lowest BCUT2D eigenvalue weighted by atomic mass is 10.1. The van der Waals surface area contributed by atoms with Crippen LogP contribution in [0.3, 0.4) is 0 Å². The Labute approximate surface area is 109 Å². The van der Waals surface area contributed by atoms with Crippen molar-refractivity contribution in [2.45, 2.75) is 10.2 Å². The van der Waals surface area contributed by atoms with Crippen molar-refractivity contribution in [2.24, 2.45) is 0 Å². The van der Waals surface area contributed by atoms with Crippen LogP contribution in [0.4, 0.5) is 0 Å². The van der Waals surface area contributed by atoms with Gasteiger partial charge in [0.2, 0.25) is 0 Å². The maximum absolute atomic E-state index is 11.3. The van der Waals surface area contributed by atoms with E-state index < -0.39 is 9.05 Å². The van der Waals surface area contributed by atoms with E-state index in [2.05, 4.69) is 31.9 Å². The normalized spacial score (nSPS) is 11.1. The molecule has 0 unspecified atom stereocenters. The smallest absolute Gasteiger partial charge is 0.207 e. The van der Waals surface area contributed by atoms with Crippen molar-refractivity contribution in [3.05, 3.63) is 27.7 Å². The third-order valence-electron chi connectivity index (χ3n) is 1.64. The number of nitrogens with zero attached hydrogens (tertiary/aromatic N) is 1. The highest BCUT2D eigenvalue weighted by molar-refractivity contribution is 9.10. The molecule has 1 aromatic rings. The van der Waals surface area contributed by atoms with Crippen molar-refractivity contribution in [1.29, 1.82) is 5.26 Å². The first-order valence-corrected chi connectivity index (χ1v) is 7.85. The Morgan fingerprint density at radius 3 is 2.47 bits per heavy atom. The van der Waals surface area contributed by atoms with E-state index in [0.717, 1.165) is 0 Å². The number of nitriles is 1.